The Morgan fingerprint density at radius 2 is 2.29 bits per heavy atom. The zero-order valence-corrected chi connectivity index (χ0v) is 8.74. The molecule has 2 aromatic rings. The molecule has 0 aliphatic heterocycles. The molecule has 0 saturated heterocycles. The van der Waals surface area contributed by atoms with Crippen molar-refractivity contribution in [3.05, 3.63) is 35.8 Å². The minimum absolute atomic E-state index is 0.382. The van der Waals surface area contributed by atoms with Crippen molar-refractivity contribution in [1.29, 1.82) is 0 Å². The number of aromatic nitrogens is 1. The van der Waals surface area contributed by atoms with Gasteiger partial charge in [-0.2, -0.15) is 0 Å². The highest BCUT2D eigenvalue weighted by Crippen LogP contribution is 2.24. The molecule has 0 aliphatic carbocycles. The lowest BCUT2D eigenvalue weighted by Crippen LogP contribution is -2.32. The number of hydrogen-bond donors (Lipinski definition) is 3. The maximum atomic E-state index is 13.1. The highest BCUT2D eigenvalue weighted by atomic mass is 19.1. The summed E-state index contributed by atoms with van der Waals surface area (Å²) in [4.78, 5) is 24.5. The van der Waals surface area contributed by atoms with Crippen LogP contribution in [-0.2, 0) is 9.59 Å². The molecule has 1 aromatic carbocycles. The van der Waals surface area contributed by atoms with Gasteiger partial charge < -0.3 is 16.0 Å². The Morgan fingerprint density at radius 3 is 2.94 bits per heavy atom. The summed E-state index contributed by atoms with van der Waals surface area (Å²) in [5.74, 6) is -1.13. The first-order valence-corrected chi connectivity index (χ1v) is 4.89. The van der Waals surface area contributed by atoms with E-state index < -0.39 is 17.8 Å². The first-order valence-electron chi connectivity index (χ1n) is 4.89. The number of fused-ring (bicyclic) bond motifs is 1. The van der Waals surface area contributed by atoms with Gasteiger partial charge in [0.25, 0.3) is 0 Å². The molecule has 6 heteroatoms. The van der Waals surface area contributed by atoms with E-state index in [0.29, 0.717) is 22.9 Å². The lowest BCUT2D eigenvalue weighted by Gasteiger charge is -2.10. The van der Waals surface area contributed by atoms with Crippen LogP contribution in [0.2, 0.25) is 0 Å². The topological polar surface area (TPSA) is 88.0 Å². The van der Waals surface area contributed by atoms with Gasteiger partial charge in [0.05, 0.1) is 0 Å². The molecule has 2 rings (SSSR count). The lowest BCUT2D eigenvalue weighted by molar-refractivity contribution is -0.122. The Bertz CT molecular complexity index is 579. The molecule has 0 saturated carbocycles. The molecule has 0 radical (unpaired) electrons. The van der Waals surface area contributed by atoms with Crippen molar-refractivity contribution in [2.24, 2.45) is 5.73 Å². The predicted molar refractivity (Wildman–Crippen MR) is 59.4 cm³/mol. The first kappa shape index (κ1) is 11.1. The van der Waals surface area contributed by atoms with Crippen LogP contribution in [0.5, 0.6) is 0 Å². The average Bonchev–Trinajstić information content (AvgIpc) is 2.68. The fourth-order valence-corrected chi connectivity index (χ4v) is 1.75. The molecule has 0 fully saturated rings. The van der Waals surface area contributed by atoms with E-state index in [2.05, 4.69) is 10.3 Å². The molecular formula is C11H10FN3O2. The molecule has 1 heterocycles. The molecule has 0 aliphatic rings. The Balaban J connectivity index is 2.56. The minimum atomic E-state index is -0.969. The van der Waals surface area contributed by atoms with E-state index in [1.165, 1.54) is 18.3 Å². The van der Waals surface area contributed by atoms with Gasteiger partial charge in [-0.05, 0) is 18.2 Å². The summed E-state index contributed by atoms with van der Waals surface area (Å²) >= 11 is 0. The van der Waals surface area contributed by atoms with Crippen LogP contribution in [0.4, 0.5) is 4.39 Å². The molecule has 88 valence electrons. The summed E-state index contributed by atoms with van der Waals surface area (Å²) in [6.45, 7) is 0. The van der Waals surface area contributed by atoms with Crippen LogP contribution in [0.15, 0.2) is 24.4 Å². The van der Waals surface area contributed by atoms with E-state index in [0.717, 1.165) is 0 Å². The largest absolute Gasteiger partial charge is 0.368 e. The predicted octanol–water partition coefficient (Wildman–Crippen LogP) is 0.579. The van der Waals surface area contributed by atoms with Crippen LogP contribution in [0.3, 0.4) is 0 Å². The quantitative estimate of drug-likeness (QED) is 0.677. The number of rotatable bonds is 4. The fourth-order valence-electron chi connectivity index (χ4n) is 1.75. The molecular weight excluding hydrogens is 225 g/mol. The van der Waals surface area contributed by atoms with Gasteiger partial charge in [0.2, 0.25) is 12.3 Å². The van der Waals surface area contributed by atoms with Crippen LogP contribution in [0.25, 0.3) is 10.9 Å². The van der Waals surface area contributed by atoms with Crippen molar-refractivity contribution in [3.8, 4) is 0 Å². The number of nitrogens with two attached hydrogens (primary N) is 1. The Hall–Kier alpha value is -2.37. The van der Waals surface area contributed by atoms with Crippen LogP contribution in [0, 0.1) is 5.82 Å². The number of benzene rings is 1. The fraction of sp³-hybridized carbons (Fsp3) is 0.0909. The Kier molecular flexibility index (Phi) is 2.78. The second-order valence-electron chi connectivity index (χ2n) is 3.55. The maximum Gasteiger partial charge on any atom is 0.244 e. The van der Waals surface area contributed by atoms with E-state index in [1.807, 2.05) is 0 Å². The van der Waals surface area contributed by atoms with E-state index in [9.17, 15) is 14.0 Å². The smallest absolute Gasteiger partial charge is 0.244 e. The molecule has 2 amide bonds. The summed E-state index contributed by atoms with van der Waals surface area (Å²) in [7, 11) is 0. The van der Waals surface area contributed by atoms with Gasteiger partial charge in [0.1, 0.15) is 11.9 Å². The van der Waals surface area contributed by atoms with Crippen molar-refractivity contribution in [2.45, 2.75) is 6.04 Å². The molecule has 17 heavy (non-hydrogen) atoms. The van der Waals surface area contributed by atoms with Crippen molar-refractivity contribution in [3.63, 3.8) is 0 Å². The van der Waals surface area contributed by atoms with Crippen molar-refractivity contribution in [2.75, 3.05) is 0 Å². The normalized spacial score (nSPS) is 12.3. The SMILES string of the molecule is NC(=O)C(NC=O)c1c[nH]c2ccc(F)cc12. The number of nitrogens with one attached hydrogen (secondary N) is 2. The number of aromatic amines is 1. The number of H-pyrrole nitrogens is 1. The molecule has 1 aromatic heterocycles. The van der Waals surface area contributed by atoms with Gasteiger partial charge >= 0.3 is 0 Å². The molecule has 0 bridgehead atoms. The van der Waals surface area contributed by atoms with E-state index in [-0.39, 0.29) is 0 Å². The van der Waals surface area contributed by atoms with Crippen LogP contribution in [0.1, 0.15) is 11.6 Å². The maximum absolute atomic E-state index is 13.1. The zero-order valence-electron chi connectivity index (χ0n) is 8.74. The van der Waals surface area contributed by atoms with Gasteiger partial charge in [-0.25, -0.2) is 4.39 Å². The molecule has 5 nitrogen and oxygen atoms in total. The van der Waals surface area contributed by atoms with Crippen LogP contribution >= 0.6 is 0 Å². The van der Waals surface area contributed by atoms with Gasteiger partial charge in [-0.15, -0.1) is 0 Å². The Labute approximate surface area is 95.8 Å². The molecule has 1 unspecified atom stereocenters. The number of carbonyl (C=O) groups is 2. The monoisotopic (exact) mass is 235 g/mol. The lowest BCUT2D eigenvalue weighted by atomic mass is 10.1. The first-order chi connectivity index (χ1) is 8.13. The third-order valence-electron chi connectivity index (χ3n) is 2.51. The highest BCUT2D eigenvalue weighted by Gasteiger charge is 2.20. The molecule has 4 N–H and O–H groups in total. The third kappa shape index (κ3) is 1.96. The van der Waals surface area contributed by atoms with Crippen LogP contribution < -0.4 is 11.1 Å². The number of halogens is 1. The van der Waals surface area contributed by atoms with Crippen LogP contribution in [-0.4, -0.2) is 17.3 Å². The summed E-state index contributed by atoms with van der Waals surface area (Å²) in [5.41, 5.74) is 6.29. The third-order valence-corrected chi connectivity index (χ3v) is 2.51. The van der Waals surface area contributed by atoms with Gasteiger partial charge in [0, 0.05) is 22.7 Å². The van der Waals surface area contributed by atoms with Gasteiger partial charge in [0.15, 0.2) is 0 Å². The number of primary amides is 1. The highest BCUT2D eigenvalue weighted by molar-refractivity contribution is 5.92. The number of amides is 2. The van der Waals surface area contributed by atoms with Crippen molar-refractivity contribution in [1.82, 2.24) is 10.3 Å². The number of carbonyl (C=O) groups excluding carboxylic acids is 2. The number of hydrogen-bond acceptors (Lipinski definition) is 2. The average molecular weight is 235 g/mol. The second-order valence-corrected chi connectivity index (χ2v) is 3.55. The molecule has 0 spiro atoms. The van der Waals surface area contributed by atoms with E-state index in [4.69, 9.17) is 5.73 Å². The summed E-state index contributed by atoms with van der Waals surface area (Å²) in [6.07, 6.45) is 1.91. The standard InChI is InChI=1S/C11H10FN3O2/c12-6-1-2-9-7(3-6)8(4-14-9)10(11(13)17)15-5-16/h1-5,10,14H,(H2,13,17)(H,15,16). The minimum Gasteiger partial charge on any atom is -0.368 e. The zero-order chi connectivity index (χ0) is 12.4. The van der Waals surface area contributed by atoms with E-state index >= 15 is 0 Å². The summed E-state index contributed by atoms with van der Waals surface area (Å²) < 4.78 is 13.1. The second kappa shape index (κ2) is 4.25. The van der Waals surface area contributed by atoms with Gasteiger partial charge in [-0.1, -0.05) is 0 Å². The van der Waals surface area contributed by atoms with E-state index in [1.54, 1.807) is 6.07 Å². The summed E-state index contributed by atoms with van der Waals surface area (Å²) in [5, 5.41) is 2.82. The van der Waals surface area contributed by atoms with Crippen molar-refractivity contribution < 1.29 is 14.0 Å². The summed E-state index contributed by atoms with van der Waals surface area (Å²) in [6, 6.07) is 3.16. The molecule has 1 atom stereocenters. The van der Waals surface area contributed by atoms with Crippen molar-refractivity contribution >= 4 is 23.2 Å². The van der Waals surface area contributed by atoms with Gasteiger partial charge in [-0.3, -0.25) is 9.59 Å². The Morgan fingerprint density at radius 1 is 1.53 bits per heavy atom.